The maximum atomic E-state index is 2.71. The molecule has 10 saturated heterocycles. The minimum absolute atomic E-state index is 0.00555. The summed E-state index contributed by atoms with van der Waals surface area (Å²) in [6, 6.07) is 31.4. The molecule has 1 spiro atoms. The van der Waals surface area contributed by atoms with E-state index >= 15 is 0 Å². The third kappa shape index (κ3) is 0.559. The summed E-state index contributed by atoms with van der Waals surface area (Å²) in [7, 11) is 0.00555. The van der Waals surface area contributed by atoms with Gasteiger partial charge in [-0.3, -0.25) is 0 Å². The van der Waals surface area contributed by atoms with Gasteiger partial charge < -0.3 is 0 Å². The first kappa shape index (κ1) is 20.9. The zero-order valence-electron chi connectivity index (χ0n) is 25.4. The van der Waals surface area contributed by atoms with Crippen LogP contribution in [0.2, 0.25) is 38.5 Å². The van der Waals surface area contributed by atoms with Crippen LogP contribution in [0.15, 0.2) is 78.9 Å². The van der Waals surface area contributed by atoms with Crippen LogP contribution in [0.3, 0.4) is 0 Å². The van der Waals surface area contributed by atoms with E-state index in [0.717, 1.165) is 8.37 Å². The van der Waals surface area contributed by atoms with E-state index in [1.807, 2.05) is 5.56 Å². The van der Waals surface area contributed by atoms with Crippen LogP contribution in [0.1, 0.15) is 47.1 Å². The normalized spacial score (nSPS) is 58.5. The Morgan fingerprint density at radius 2 is 1.02 bits per heavy atom. The molecular weight excluding hydrogens is 567 g/mol. The van der Waals surface area contributed by atoms with Gasteiger partial charge in [0.25, 0.3) is 0 Å². The van der Waals surface area contributed by atoms with Crippen molar-refractivity contribution in [2.75, 3.05) is 0 Å². The van der Waals surface area contributed by atoms with Crippen molar-refractivity contribution in [1.82, 2.24) is 0 Å². The molecule has 0 bridgehead atoms. The molecule has 0 aromatic heterocycles. The SMILES string of the molecule is CC(C)(C)P(C(C)(C)C)[C]12[CH]3[CH]4[CH]5[CH]1[Fe]45321678[CH]2[CH]1[CH]6[C]7(c1cccc3cc4ccc5cc6ccccc6cc5c4cc13)[CH]28. The molecule has 15 rings (SSSR count). The molecule has 10 aliphatic rings. The molecule has 0 aliphatic carbocycles. The van der Waals surface area contributed by atoms with Crippen molar-refractivity contribution >= 4 is 51.0 Å². The average molecular weight is 607 g/mol. The fraction of sp³-hybridized carbons (Fsp3) is 0.450. The van der Waals surface area contributed by atoms with Crippen molar-refractivity contribution in [3.63, 3.8) is 0 Å². The van der Waals surface area contributed by atoms with Gasteiger partial charge in [0.15, 0.2) is 0 Å². The molecule has 10 aliphatic heterocycles. The van der Waals surface area contributed by atoms with Gasteiger partial charge in [0.05, 0.1) is 0 Å². The summed E-state index contributed by atoms with van der Waals surface area (Å²) in [6.07, 6.45) is 0. The molecule has 0 N–H and O–H groups in total. The molecule has 0 saturated carbocycles. The fourth-order valence-electron chi connectivity index (χ4n) is 23.6. The molecule has 5 aromatic rings. The van der Waals surface area contributed by atoms with Gasteiger partial charge in [0, 0.05) is 0 Å². The van der Waals surface area contributed by atoms with Crippen LogP contribution in [0, 0.1) is 0 Å². The van der Waals surface area contributed by atoms with Crippen molar-refractivity contribution in [1.29, 1.82) is 0 Å². The van der Waals surface area contributed by atoms with Crippen molar-refractivity contribution in [2.24, 2.45) is 0 Å². The van der Waals surface area contributed by atoms with Gasteiger partial charge >= 0.3 is 241 Å². The predicted octanol–water partition coefficient (Wildman–Crippen LogP) is 12.1. The molecule has 2 heteroatoms. The predicted molar refractivity (Wildman–Crippen MR) is 177 cm³/mol. The molecule has 10 fully saturated rings. The van der Waals surface area contributed by atoms with Crippen LogP contribution >= 0.6 is 7.92 Å². The molecule has 8 unspecified atom stereocenters. The second kappa shape index (κ2) is 3.15. The third-order valence-corrected chi connectivity index (χ3v) is 72.3. The van der Waals surface area contributed by atoms with Gasteiger partial charge in [0.2, 0.25) is 0 Å². The Hall–Kier alpha value is -1.91. The fourth-order valence-corrected chi connectivity index (χ4v) is 117. The monoisotopic (exact) mass is 606 g/mol. The third-order valence-electron chi connectivity index (χ3n) is 21.5. The molecule has 0 amide bonds. The zero-order valence-corrected chi connectivity index (χ0v) is 27.4. The number of hydrogen-bond donors (Lipinski definition) is 0. The van der Waals surface area contributed by atoms with Crippen molar-refractivity contribution in [3.05, 3.63) is 84.4 Å². The second-order valence-electron chi connectivity index (χ2n) is 20.5. The Morgan fingerprint density at radius 3 is 1.60 bits per heavy atom. The number of rotatable bonds is 2. The average Bonchev–Trinajstić information content (AvgIpc) is 3.89. The zero-order chi connectivity index (χ0) is 27.9. The van der Waals surface area contributed by atoms with Crippen LogP contribution in [0.4, 0.5) is 0 Å². The van der Waals surface area contributed by atoms with E-state index in [1.54, 1.807) is 5.39 Å². The van der Waals surface area contributed by atoms with E-state index < -0.39 is 6.51 Å². The van der Waals surface area contributed by atoms with Gasteiger partial charge in [-0.05, 0) is 0 Å². The quantitative estimate of drug-likeness (QED) is 0.0812. The Labute approximate surface area is 239 Å². The summed E-state index contributed by atoms with van der Waals surface area (Å²) in [5.74, 6) is 0. The minimum atomic E-state index is -3.78. The Balaban J connectivity index is 1.06. The number of benzene rings is 5. The summed E-state index contributed by atoms with van der Waals surface area (Å²) in [4.78, 5) is 10.3. The first-order valence-corrected chi connectivity index (χ1v) is 24.1. The van der Waals surface area contributed by atoms with Crippen LogP contribution in [0.25, 0.3) is 43.1 Å². The number of hydrogen-bond acceptors (Lipinski definition) is 0. The Kier molecular flexibility index (Phi) is 1.57. The first-order chi connectivity index (χ1) is 19.8. The summed E-state index contributed by atoms with van der Waals surface area (Å²) in [5.41, 5.74) is 1.91. The Morgan fingerprint density at radius 1 is 0.524 bits per heavy atom. The van der Waals surface area contributed by atoms with E-state index in [-0.39, 0.29) is 7.92 Å². The van der Waals surface area contributed by atoms with E-state index in [2.05, 4.69) is 120 Å². The molecule has 5 aromatic carbocycles. The van der Waals surface area contributed by atoms with Gasteiger partial charge in [-0.15, -0.1) is 0 Å². The topological polar surface area (TPSA) is 0 Å². The second-order valence-corrected chi connectivity index (χ2v) is 48.2. The van der Waals surface area contributed by atoms with E-state index in [0.29, 0.717) is 10.3 Å². The molecule has 0 nitrogen and oxygen atoms in total. The summed E-state index contributed by atoms with van der Waals surface area (Å²) in [6.45, 7) is 12.2. The van der Waals surface area contributed by atoms with Gasteiger partial charge in [-0.25, -0.2) is 0 Å². The molecule has 8 atom stereocenters. The van der Waals surface area contributed by atoms with Gasteiger partial charge in [0.1, 0.15) is 0 Å². The summed E-state index contributed by atoms with van der Waals surface area (Å²) in [5, 5.41) is 12.5. The molecular formula is C40H39FeP. The molecule has 0 radical (unpaired) electrons. The van der Waals surface area contributed by atoms with Crippen molar-refractivity contribution < 1.29 is 6.51 Å². The van der Waals surface area contributed by atoms with Gasteiger partial charge in [-0.2, -0.15) is 0 Å². The van der Waals surface area contributed by atoms with Gasteiger partial charge in [-0.1, -0.05) is 0 Å². The van der Waals surface area contributed by atoms with Crippen LogP contribution in [-0.2, 0) is 10.8 Å². The standard InChI is InChI=1S/C27H17.C13H22P.Fe/c1-2-7-18(6-1)24-11-5-10-21-15-23-13-12-22-14-19-8-3-4-9-20(19)16-25(22)27(23)17-26(21)24;1-12(2,3)14(13(4,5)6)11-9-7-8-10-11;/h1-17H;7-10H,1-6H3;. The van der Waals surface area contributed by atoms with E-state index in [1.165, 1.54) is 76.2 Å². The number of fused-ring (bicyclic) bond motifs is 15. The first-order valence-electron chi connectivity index (χ1n) is 16.6. The molecule has 10 heterocycles. The van der Waals surface area contributed by atoms with Crippen LogP contribution in [0.5, 0.6) is 0 Å². The Bertz CT molecular complexity index is 2710. The van der Waals surface area contributed by atoms with E-state index in [9.17, 15) is 0 Å². The van der Waals surface area contributed by atoms with Crippen LogP contribution in [-0.4, -0.2) is 14.4 Å². The maximum absolute atomic E-state index is 3.78. The van der Waals surface area contributed by atoms with Crippen LogP contribution < -0.4 is 0 Å². The van der Waals surface area contributed by atoms with E-state index in [4.69, 9.17) is 0 Å². The van der Waals surface area contributed by atoms with Crippen molar-refractivity contribution in [2.45, 2.75) is 98.8 Å². The summed E-state index contributed by atoms with van der Waals surface area (Å²) < 4.78 is 1.63. The summed E-state index contributed by atoms with van der Waals surface area (Å²) >= 11 is 0. The van der Waals surface area contributed by atoms with Crippen molar-refractivity contribution in [3.8, 4) is 0 Å². The molecule has 42 heavy (non-hydrogen) atoms. The molecule has 212 valence electrons.